The number of carbonyl (C=O) groups excluding carboxylic acids is 1. The monoisotopic (exact) mass is 284 g/mol. The second-order valence-corrected chi connectivity index (χ2v) is 5.40. The zero-order chi connectivity index (χ0) is 14.8. The van der Waals surface area contributed by atoms with Crippen LogP contribution in [-0.4, -0.2) is 23.9 Å². The molecule has 1 aliphatic heterocycles. The van der Waals surface area contributed by atoms with Gasteiger partial charge in [0.15, 0.2) is 0 Å². The van der Waals surface area contributed by atoms with Gasteiger partial charge in [-0.3, -0.25) is 9.69 Å². The van der Waals surface area contributed by atoms with Crippen LogP contribution >= 0.6 is 0 Å². The quantitative estimate of drug-likeness (QED) is 0.919. The summed E-state index contributed by atoms with van der Waals surface area (Å²) in [5, 5.41) is 2.85. The van der Waals surface area contributed by atoms with E-state index < -0.39 is 0 Å². The number of amides is 1. The fourth-order valence-electron chi connectivity index (χ4n) is 2.71. The molecule has 0 fully saturated rings. The molecule has 1 aliphatic rings. The molecule has 0 aliphatic carbocycles. The van der Waals surface area contributed by atoms with Gasteiger partial charge in [0.25, 0.3) is 0 Å². The van der Waals surface area contributed by atoms with E-state index in [1.54, 1.807) is 12.1 Å². The Morgan fingerprint density at radius 2 is 1.81 bits per heavy atom. The number of hydrogen-bond donors (Lipinski definition) is 1. The molecule has 2 aromatic carbocycles. The molecule has 21 heavy (non-hydrogen) atoms. The number of rotatable bonds is 2. The maximum absolute atomic E-state index is 12.9. The van der Waals surface area contributed by atoms with E-state index in [1.165, 1.54) is 23.3 Å². The SMILES string of the molecule is CN1Cc2ccccc2CC1C(=O)Nc1ccc(F)cc1. The van der Waals surface area contributed by atoms with E-state index in [0.717, 1.165) is 6.54 Å². The van der Waals surface area contributed by atoms with Crippen LogP contribution in [0.4, 0.5) is 10.1 Å². The Kier molecular flexibility index (Phi) is 3.71. The highest BCUT2D eigenvalue weighted by Gasteiger charge is 2.28. The third kappa shape index (κ3) is 2.95. The van der Waals surface area contributed by atoms with Crippen LogP contribution in [0.3, 0.4) is 0 Å². The summed E-state index contributed by atoms with van der Waals surface area (Å²) in [5.74, 6) is -0.365. The van der Waals surface area contributed by atoms with Crippen LogP contribution in [0.5, 0.6) is 0 Å². The van der Waals surface area contributed by atoms with E-state index in [0.29, 0.717) is 12.1 Å². The van der Waals surface area contributed by atoms with Crippen molar-refractivity contribution in [1.82, 2.24) is 4.90 Å². The molecule has 0 saturated heterocycles. The van der Waals surface area contributed by atoms with Gasteiger partial charge in [-0.05, 0) is 48.9 Å². The van der Waals surface area contributed by atoms with Crippen molar-refractivity contribution in [3.63, 3.8) is 0 Å². The first-order valence-corrected chi connectivity index (χ1v) is 6.97. The van der Waals surface area contributed by atoms with Gasteiger partial charge < -0.3 is 5.32 Å². The van der Waals surface area contributed by atoms with Gasteiger partial charge in [-0.15, -0.1) is 0 Å². The number of likely N-dealkylation sites (N-methyl/N-ethyl adjacent to an activating group) is 1. The minimum atomic E-state index is -0.309. The number of halogens is 1. The maximum atomic E-state index is 12.9. The summed E-state index contributed by atoms with van der Waals surface area (Å²) in [6, 6.07) is 13.8. The van der Waals surface area contributed by atoms with Gasteiger partial charge in [-0.25, -0.2) is 4.39 Å². The molecule has 1 amide bonds. The molecule has 108 valence electrons. The first-order valence-electron chi connectivity index (χ1n) is 6.97. The fraction of sp³-hybridized carbons (Fsp3) is 0.235. The number of benzene rings is 2. The smallest absolute Gasteiger partial charge is 0.242 e. The van der Waals surface area contributed by atoms with Crippen LogP contribution in [0.25, 0.3) is 0 Å². The molecule has 1 unspecified atom stereocenters. The predicted octanol–water partition coefficient (Wildman–Crippen LogP) is 2.82. The topological polar surface area (TPSA) is 32.3 Å². The van der Waals surface area contributed by atoms with Crippen molar-refractivity contribution in [2.75, 3.05) is 12.4 Å². The van der Waals surface area contributed by atoms with E-state index in [9.17, 15) is 9.18 Å². The lowest BCUT2D eigenvalue weighted by atomic mass is 9.94. The van der Waals surface area contributed by atoms with Crippen LogP contribution in [0.2, 0.25) is 0 Å². The van der Waals surface area contributed by atoms with Crippen LogP contribution in [0, 0.1) is 5.82 Å². The fourth-order valence-corrected chi connectivity index (χ4v) is 2.71. The first-order chi connectivity index (χ1) is 10.1. The maximum Gasteiger partial charge on any atom is 0.242 e. The van der Waals surface area contributed by atoms with E-state index in [1.807, 2.05) is 24.1 Å². The summed E-state index contributed by atoms with van der Waals surface area (Å²) in [6.07, 6.45) is 0.694. The van der Waals surface area contributed by atoms with Crippen molar-refractivity contribution in [3.8, 4) is 0 Å². The molecule has 0 aromatic heterocycles. The van der Waals surface area contributed by atoms with E-state index >= 15 is 0 Å². The number of hydrogen-bond acceptors (Lipinski definition) is 2. The van der Waals surface area contributed by atoms with Gasteiger partial charge in [0.05, 0.1) is 6.04 Å². The molecule has 4 heteroatoms. The van der Waals surface area contributed by atoms with Gasteiger partial charge in [0.1, 0.15) is 5.82 Å². The van der Waals surface area contributed by atoms with Gasteiger partial charge in [-0.1, -0.05) is 24.3 Å². The molecule has 1 N–H and O–H groups in total. The lowest BCUT2D eigenvalue weighted by Crippen LogP contribution is -2.45. The molecule has 0 saturated carbocycles. The molecule has 1 heterocycles. The molecule has 0 bridgehead atoms. The van der Waals surface area contributed by atoms with Crippen LogP contribution in [0.1, 0.15) is 11.1 Å². The van der Waals surface area contributed by atoms with Crippen LogP contribution in [0.15, 0.2) is 48.5 Å². The zero-order valence-electron chi connectivity index (χ0n) is 11.8. The van der Waals surface area contributed by atoms with E-state index in [4.69, 9.17) is 0 Å². The normalized spacial score (nSPS) is 18.1. The van der Waals surface area contributed by atoms with Gasteiger partial charge in [-0.2, -0.15) is 0 Å². The average Bonchev–Trinajstić information content (AvgIpc) is 2.49. The molecule has 0 spiro atoms. The Hall–Kier alpha value is -2.20. The van der Waals surface area contributed by atoms with Crippen molar-refractivity contribution < 1.29 is 9.18 Å². The third-order valence-corrected chi connectivity index (χ3v) is 3.90. The lowest BCUT2D eigenvalue weighted by molar-refractivity contribution is -0.121. The number of fused-ring (bicyclic) bond motifs is 1. The molecular formula is C17H17FN2O. The van der Waals surface area contributed by atoms with Crippen molar-refractivity contribution in [2.45, 2.75) is 19.0 Å². The predicted molar refractivity (Wildman–Crippen MR) is 80.4 cm³/mol. The largest absolute Gasteiger partial charge is 0.325 e. The minimum absolute atomic E-state index is 0.0568. The van der Waals surface area contributed by atoms with Crippen molar-refractivity contribution >= 4 is 11.6 Å². The van der Waals surface area contributed by atoms with Gasteiger partial charge in [0.2, 0.25) is 5.91 Å². The molecule has 0 radical (unpaired) electrons. The number of nitrogens with zero attached hydrogens (tertiary/aromatic N) is 1. The minimum Gasteiger partial charge on any atom is -0.325 e. The number of anilines is 1. The Labute approximate surface area is 123 Å². The van der Waals surface area contributed by atoms with Crippen molar-refractivity contribution in [3.05, 3.63) is 65.5 Å². The second-order valence-electron chi connectivity index (χ2n) is 5.40. The Balaban J connectivity index is 1.74. The summed E-state index contributed by atoms with van der Waals surface area (Å²) in [5.41, 5.74) is 3.11. The molecule has 3 rings (SSSR count). The summed E-state index contributed by atoms with van der Waals surface area (Å²) in [7, 11) is 1.95. The highest BCUT2D eigenvalue weighted by atomic mass is 19.1. The first kappa shape index (κ1) is 13.8. The van der Waals surface area contributed by atoms with E-state index in [-0.39, 0.29) is 17.8 Å². The second kappa shape index (κ2) is 5.66. The highest BCUT2D eigenvalue weighted by molar-refractivity contribution is 5.95. The standard InChI is InChI=1S/C17H17FN2O/c1-20-11-13-5-3-2-4-12(13)10-16(20)17(21)19-15-8-6-14(18)7-9-15/h2-9,16H,10-11H2,1H3,(H,19,21). The zero-order valence-corrected chi connectivity index (χ0v) is 11.8. The third-order valence-electron chi connectivity index (χ3n) is 3.90. The summed E-state index contributed by atoms with van der Waals surface area (Å²) < 4.78 is 12.9. The average molecular weight is 284 g/mol. The van der Waals surface area contributed by atoms with Crippen LogP contribution < -0.4 is 5.32 Å². The van der Waals surface area contributed by atoms with Crippen LogP contribution in [-0.2, 0) is 17.8 Å². The van der Waals surface area contributed by atoms with Crippen molar-refractivity contribution in [2.24, 2.45) is 0 Å². The Morgan fingerprint density at radius 3 is 2.52 bits per heavy atom. The van der Waals surface area contributed by atoms with Gasteiger partial charge in [0, 0.05) is 12.2 Å². The molecule has 1 atom stereocenters. The summed E-state index contributed by atoms with van der Waals surface area (Å²) >= 11 is 0. The number of nitrogens with one attached hydrogen (secondary N) is 1. The molecule has 3 nitrogen and oxygen atoms in total. The molecule has 2 aromatic rings. The Morgan fingerprint density at radius 1 is 1.14 bits per heavy atom. The Bertz CT molecular complexity index is 654. The lowest BCUT2D eigenvalue weighted by Gasteiger charge is -2.33. The van der Waals surface area contributed by atoms with Gasteiger partial charge >= 0.3 is 0 Å². The highest BCUT2D eigenvalue weighted by Crippen LogP contribution is 2.22. The summed E-state index contributed by atoms with van der Waals surface area (Å²) in [4.78, 5) is 14.5. The van der Waals surface area contributed by atoms with Crippen molar-refractivity contribution in [1.29, 1.82) is 0 Å². The van der Waals surface area contributed by atoms with E-state index in [2.05, 4.69) is 17.4 Å². The number of carbonyl (C=O) groups is 1. The summed E-state index contributed by atoms with van der Waals surface area (Å²) in [6.45, 7) is 0.762. The molecular weight excluding hydrogens is 267 g/mol.